The number of ether oxygens (including phenoxy) is 1. The Bertz CT molecular complexity index is 921. The fourth-order valence-corrected chi connectivity index (χ4v) is 4.59. The van der Waals surface area contributed by atoms with Gasteiger partial charge >= 0.3 is 0 Å². The molecule has 4 nitrogen and oxygen atoms in total. The minimum Gasteiger partial charge on any atom is -0.491 e. The molecule has 2 aliphatic rings. The van der Waals surface area contributed by atoms with Gasteiger partial charge in [-0.3, -0.25) is 4.99 Å². The summed E-state index contributed by atoms with van der Waals surface area (Å²) in [5.74, 6) is 1.59. The highest BCUT2D eigenvalue weighted by Gasteiger charge is 2.27. The van der Waals surface area contributed by atoms with E-state index in [1.165, 1.54) is 56.2 Å². The number of unbranched alkanes of at least 4 members (excludes halogenated alkanes) is 3. The third kappa shape index (κ3) is 5.74. The Balaban J connectivity index is 0.00000272. The lowest BCUT2D eigenvalue weighted by Gasteiger charge is -2.24. The molecule has 0 spiro atoms. The topological polar surface area (TPSA) is 53.2 Å². The van der Waals surface area contributed by atoms with Crippen LogP contribution in [-0.2, 0) is 0 Å². The van der Waals surface area contributed by atoms with Gasteiger partial charge < -0.3 is 14.7 Å². The van der Waals surface area contributed by atoms with E-state index in [1.807, 2.05) is 12.3 Å². The normalized spacial score (nSPS) is 19.0. The van der Waals surface area contributed by atoms with Crippen LogP contribution in [0.4, 0.5) is 0 Å². The van der Waals surface area contributed by atoms with Crippen molar-refractivity contribution < 1.29 is 4.74 Å². The zero-order chi connectivity index (χ0) is 20.8. The van der Waals surface area contributed by atoms with Gasteiger partial charge in [0, 0.05) is 18.0 Å². The number of rotatable bonds is 10. The van der Waals surface area contributed by atoms with Crippen LogP contribution < -0.4 is 4.74 Å². The van der Waals surface area contributed by atoms with Gasteiger partial charge in [-0.15, -0.1) is 12.4 Å². The van der Waals surface area contributed by atoms with Crippen LogP contribution in [0.5, 0.6) is 5.75 Å². The van der Waals surface area contributed by atoms with Gasteiger partial charge in [-0.25, -0.2) is 0 Å². The number of hydrogen-bond donors (Lipinski definition) is 2. The zero-order valence-electron chi connectivity index (χ0n) is 18.9. The number of hydrogen-bond acceptors (Lipinski definition) is 2. The standard InChI is InChI=1S/C26H35N3O.ClH/c1-3-5-6-7-10-19-11-8-12-22-21(19)16-20(28-22)17-25-26(30-15-4-2)18-24(29-25)23-13-9-14-27-23;/h9,13-14,16-19,27,29H,3-8,10-12,15H2,1-2H3;1H. The summed E-state index contributed by atoms with van der Waals surface area (Å²) in [6.07, 6.45) is 17.8. The van der Waals surface area contributed by atoms with E-state index in [9.17, 15) is 0 Å². The van der Waals surface area contributed by atoms with Crippen LogP contribution in [0.2, 0.25) is 0 Å². The minimum absolute atomic E-state index is 0. The van der Waals surface area contributed by atoms with Crippen LogP contribution in [0, 0.1) is 5.92 Å². The molecular formula is C26H36ClN3O. The van der Waals surface area contributed by atoms with E-state index in [2.05, 4.69) is 48.1 Å². The maximum Gasteiger partial charge on any atom is 0.144 e. The third-order valence-electron chi connectivity index (χ3n) is 6.17. The lowest BCUT2D eigenvalue weighted by Crippen LogP contribution is -2.17. The van der Waals surface area contributed by atoms with Crippen LogP contribution in [0.3, 0.4) is 0 Å². The second-order valence-electron chi connectivity index (χ2n) is 8.56. The molecule has 2 aromatic heterocycles. The van der Waals surface area contributed by atoms with Gasteiger partial charge in [-0.2, -0.15) is 0 Å². The fraction of sp³-hybridized carbons (Fsp3) is 0.500. The van der Waals surface area contributed by atoms with Gasteiger partial charge in [0.05, 0.1) is 29.4 Å². The molecule has 1 unspecified atom stereocenters. The number of aromatic amines is 2. The van der Waals surface area contributed by atoms with Crippen molar-refractivity contribution in [2.24, 2.45) is 10.9 Å². The van der Waals surface area contributed by atoms with Crippen LogP contribution in [0.15, 0.2) is 46.7 Å². The van der Waals surface area contributed by atoms with Crippen molar-refractivity contribution in [2.75, 3.05) is 6.61 Å². The Kier molecular flexibility index (Phi) is 8.65. The van der Waals surface area contributed by atoms with Crippen LogP contribution in [0.1, 0.15) is 77.3 Å². The van der Waals surface area contributed by atoms with Crippen LogP contribution >= 0.6 is 12.4 Å². The molecule has 1 atom stereocenters. The van der Waals surface area contributed by atoms with E-state index in [0.29, 0.717) is 12.5 Å². The van der Waals surface area contributed by atoms with Crippen LogP contribution in [-0.4, -0.2) is 22.3 Å². The van der Waals surface area contributed by atoms with Gasteiger partial charge in [0.1, 0.15) is 5.75 Å². The van der Waals surface area contributed by atoms with E-state index in [1.54, 1.807) is 0 Å². The highest BCUT2D eigenvalue weighted by molar-refractivity contribution is 6.05. The molecule has 1 fully saturated rings. The van der Waals surface area contributed by atoms with Gasteiger partial charge in [0.25, 0.3) is 0 Å². The monoisotopic (exact) mass is 441 g/mol. The van der Waals surface area contributed by atoms with E-state index in [-0.39, 0.29) is 12.4 Å². The molecule has 1 aliphatic heterocycles. The molecular weight excluding hydrogens is 406 g/mol. The molecule has 0 aromatic carbocycles. The first-order chi connectivity index (χ1) is 14.8. The first-order valence-corrected chi connectivity index (χ1v) is 11.8. The molecule has 0 amide bonds. The summed E-state index contributed by atoms with van der Waals surface area (Å²) in [6, 6.07) is 6.17. The molecule has 1 saturated carbocycles. The number of halogens is 1. The number of allylic oxidation sites excluding steroid dienone is 2. The average molecular weight is 442 g/mol. The van der Waals surface area contributed by atoms with Crippen molar-refractivity contribution in [2.45, 2.75) is 71.6 Å². The lowest BCUT2D eigenvalue weighted by molar-refractivity contribution is 0.317. The summed E-state index contributed by atoms with van der Waals surface area (Å²) in [5.41, 5.74) is 6.99. The lowest BCUT2D eigenvalue weighted by atomic mass is 9.80. The molecule has 5 heteroatoms. The molecule has 0 saturated heterocycles. The summed E-state index contributed by atoms with van der Waals surface area (Å²) >= 11 is 0. The largest absolute Gasteiger partial charge is 0.491 e. The Labute approximate surface area is 192 Å². The smallest absolute Gasteiger partial charge is 0.144 e. The maximum atomic E-state index is 6.03. The molecule has 1 aliphatic carbocycles. The van der Waals surface area contributed by atoms with Crippen molar-refractivity contribution in [1.82, 2.24) is 9.97 Å². The number of aromatic nitrogens is 2. The Morgan fingerprint density at radius 1 is 1.16 bits per heavy atom. The summed E-state index contributed by atoms with van der Waals surface area (Å²) in [4.78, 5) is 11.8. The Hall–Kier alpha value is -2.20. The molecule has 168 valence electrons. The molecule has 0 radical (unpaired) electrons. The molecule has 3 heterocycles. The van der Waals surface area contributed by atoms with E-state index < -0.39 is 0 Å². The molecule has 31 heavy (non-hydrogen) atoms. The highest BCUT2D eigenvalue weighted by Crippen LogP contribution is 2.37. The first kappa shape index (κ1) is 23.5. The Morgan fingerprint density at radius 3 is 2.84 bits per heavy atom. The number of nitrogens with one attached hydrogen (secondary N) is 2. The van der Waals surface area contributed by atoms with Crippen molar-refractivity contribution in [3.63, 3.8) is 0 Å². The fourth-order valence-electron chi connectivity index (χ4n) is 4.59. The summed E-state index contributed by atoms with van der Waals surface area (Å²) in [6.45, 7) is 5.13. The SMILES string of the molecule is CCCCCCC1CCCC2=NC(=Cc3[nH]c(-c4ccc[nH]4)cc3OCCC)C=C21.Cl. The molecule has 0 bridgehead atoms. The predicted molar refractivity (Wildman–Crippen MR) is 133 cm³/mol. The molecule has 2 N–H and O–H groups in total. The minimum atomic E-state index is 0. The van der Waals surface area contributed by atoms with Gasteiger partial charge in [-0.1, -0.05) is 39.5 Å². The average Bonchev–Trinajstić information content (AvgIpc) is 3.49. The number of aliphatic imine (C=N–C) groups is 1. The number of fused-ring (bicyclic) bond motifs is 1. The zero-order valence-corrected chi connectivity index (χ0v) is 19.7. The molecule has 4 rings (SSSR count). The van der Waals surface area contributed by atoms with E-state index >= 15 is 0 Å². The Morgan fingerprint density at radius 2 is 2.06 bits per heavy atom. The van der Waals surface area contributed by atoms with Gasteiger partial charge in [0.2, 0.25) is 0 Å². The van der Waals surface area contributed by atoms with Gasteiger partial charge in [-0.05, 0) is 67.9 Å². The van der Waals surface area contributed by atoms with Crippen molar-refractivity contribution in [3.05, 3.63) is 47.4 Å². The molecule has 2 aromatic rings. The van der Waals surface area contributed by atoms with Crippen molar-refractivity contribution in [3.8, 4) is 17.1 Å². The summed E-state index contributed by atoms with van der Waals surface area (Å²) < 4.78 is 6.03. The van der Waals surface area contributed by atoms with Crippen molar-refractivity contribution >= 4 is 24.2 Å². The summed E-state index contributed by atoms with van der Waals surface area (Å²) in [7, 11) is 0. The van der Waals surface area contributed by atoms with E-state index in [0.717, 1.165) is 41.4 Å². The highest BCUT2D eigenvalue weighted by atomic mass is 35.5. The number of H-pyrrole nitrogens is 2. The van der Waals surface area contributed by atoms with Gasteiger partial charge in [0.15, 0.2) is 0 Å². The summed E-state index contributed by atoms with van der Waals surface area (Å²) in [5, 5.41) is 0. The number of nitrogens with zero attached hydrogens (tertiary/aromatic N) is 1. The second kappa shape index (κ2) is 11.4. The van der Waals surface area contributed by atoms with Crippen LogP contribution in [0.25, 0.3) is 17.5 Å². The third-order valence-corrected chi connectivity index (χ3v) is 6.17. The van der Waals surface area contributed by atoms with E-state index in [4.69, 9.17) is 9.73 Å². The van der Waals surface area contributed by atoms with Crippen molar-refractivity contribution in [1.29, 1.82) is 0 Å². The maximum absolute atomic E-state index is 6.03. The quantitative estimate of drug-likeness (QED) is 0.364. The predicted octanol–water partition coefficient (Wildman–Crippen LogP) is 7.71. The second-order valence-corrected chi connectivity index (χ2v) is 8.56. The first-order valence-electron chi connectivity index (χ1n) is 11.8.